The van der Waals surface area contributed by atoms with Crippen molar-refractivity contribution in [2.75, 3.05) is 13.2 Å². The predicted octanol–water partition coefficient (Wildman–Crippen LogP) is 3.85. The summed E-state index contributed by atoms with van der Waals surface area (Å²) < 4.78 is 24.5. The summed E-state index contributed by atoms with van der Waals surface area (Å²) in [6.07, 6.45) is -4.10. The first kappa shape index (κ1) is 23.4. The van der Waals surface area contributed by atoms with Crippen molar-refractivity contribution >= 4 is 0 Å². The topological polar surface area (TPSA) is 77.4 Å². The molecule has 0 amide bonds. The first-order chi connectivity index (χ1) is 15.2. The fourth-order valence-corrected chi connectivity index (χ4v) is 4.16. The van der Waals surface area contributed by atoms with E-state index in [-0.39, 0.29) is 5.41 Å². The van der Waals surface area contributed by atoms with Crippen molar-refractivity contribution in [1.29, 1.82) is 0 Å². The van der Waals surface area contributed by atoms with Crippen LogP contribution in [-0.2, 0) is 24.4 Å². The van der Waals surface area contributed by atoms with Crippen molar-refractivity contribution in [3.63, 3.8) is 0 Å². The minimum Gasteiger partial charge on any atom is -0.394 e. The first-order valence-corrected chi connectivity index (χ1v) is 11.2. The Bertz CT molecular complexity index is 919. The standard InChI is InChI=1S/C26H34O6/c1-15-6-7-18(12-16(15)2)24-29-14-21-23(32-24)22(20(28)13-27)31-25(30-21)17-8-10-19(11-9-17)26(3,4)5/h6-12,20-25,27-28H,13-14H2,1-5H3/t20-,21+,22-,23-,24?,25?/m1/s1. The van der Waals surface area contributed by atoms with Gasteiger partial charge in [0.05, 0.1) is 13.2 Å². The lowest BCUT2D eigenvalue weighted by molar-refractivity contribution is -0.373. The third kappa shape index (κ3) is 4.76. The Morgan fingerprint density at radius 1 is 0.906 bits per heavy atom. The van der Waals surface area contributed by atoms with Crippen LogP contribution in [0.2, 0.25) is 0 Å². The molecule has 2 unspecified atom stereocenters. The smallest absolute Gasteiger partial charge is 0.184 e. The number of aryl methyl sites for hydroxylation is 2. The number of hydrogen-bond acceptors (Lipinski definition) is 6. The molecule has 0 saturated carbocycles. The summed E-state index contributed by atoms with van der Waals surface area (Å²) in [6, 6.07) is 14.2. The van der Waals surface area contributed by atoms with E-state index in [1.54, 1.807) is 0 Å². The fourth-order valence-electron chi connectivity index (χ4n) is 4.16. The van der Waals surface area contributed by atoms with Crippen molar-refractivity contribution in [2.24, 2.45) is 0 Å². The molecule has 2 aromatic rings. The molecule has 0 aliphatic carbocycles. The lowest BCUT2D eigenvalue weighted by Gasteiger charge is -2.47. The molecule has 6 atom stereocenters. The molecule has 32 heavy (non-hydrogen) atoms. The van der Waals surface area contributed by atoms with Gasteiger partial charge in [-0.25, -0.2) is 0 Å². The van der Waals surface area contributed by atoms with Crippen LogP contribution in [0.25, 0.3) is 0 Å². The van der Waals surface area contributed by atoms with Gasteiger partial charge in [-0.15, -0.1) is 0 Å². The van der Waals surface area contributed by atoms with Gasteiger partial charge in [-0.05, 0) is 36.0 Å². The van der Waals surface area contributed by atoms with Crippen LogP contribution >= 0.6 is 0 Å². The fraction of sp³-hybridized carbons (Fsp3) is 0.538. The highest BCUT2D eigenvalue weighted by Crippen LogP contribution is 2.39. The van der Waals surface area contributed by atoms with Gasteiger partial charge in [-0.2, -0.15) is 0 Å². The maximum atomic E-state index is 10.5. The van der Waals surface area contributed by atoms with Crippen LogP contribution in [0.3, 0.4) is 0 Å². The lowest BCUT2D eigenvalue weighted by Crippen LogP contribution is -2.58. The molecule has 2 aromatic carbocycles. The highest BCUT2D eigenvalue weighted by atomic mass is 16.8. The number of fused-ring (bicyclic) bond motifs is 1. The second kappa shape index (κ2) is 9.21. The van der Waals surface area contributed by atoms with Crippen molar-refractivity contribution < 1.29 is 29.2 Å². The van der Waals surface area contributed by atoms with Gasteiger partial charge in [-0.1, -0.05) is 63.2 Å². The van der Waals surface area contributed by atoms with E-state index in [1.807, 2.05) is 37.3 Å². The molecular formula is C26H34O6. The van der Waals surface area contributed by atoms with Crippen molar-refractivity contribution in [3.05, 3.63) is 70.3 Å². The molecule has 2 heterocycles. The largest absolute Gasteiger partial charge is 0.394 e. The van der Waals surface area contributed by atoms with E-state index in [2.05, 4.69) is 39.8 Å². The number of aliphatic hydroxyl groups is 2. The molecule has 2 saturated heterocycles. The Kier molecular flexibility index (Phi) is 6.73. The molecule has 0 spiro atoms. The first-order valence-electron chi connectivity index (χ1n) is 11.2. The highest BCUT2D eigenvalue weighted by molar-refractivity contribution is 5.31. The average molecular weight is 443 g/mol. The molecule has 2 aliphatic rings. The van der Waals surface area contributed by atoms with Crippen LogP contribution in [-0.4, -0.2) is 47.8 Å². The van der Waals surface area contributed by atoms with E-state index < -0.39 is 43.6 Å². The van der Waals surface area contributed by atoms with Crippen molar-refractivity contribution in [1.82, 2.24) is 0 Å². The molecule has 2 fully saturated rings. The Morgan fingerprint density at radius 2 is 1.59 bits per heavy atom. The molecule has 0 radical (unpaired) electrons. The number of ether oxygens (including phenoxy) is 4. The summed E-state index contributed by atoms with van der Waals surface area (Å²) in [5, 5.41) is 20.2. The molecule has 0 bridgehead atoms. The number of benzene rings is 2. The normalized spacial score (nSPS) is 29.4. The van der Waals surface area contributed by atoms with E-state index >= 15 is 0 Å². The number of rotatable bonds is 4. The van der Waals surface area contributed by atoms with E-state index in [0.29, 0.717) is 6.61 Å². The molecule has 6 nitrogen and oxygen atoms in total. The summed E-state index contributed by atoms with van der Waals surface area (Å²) in [5.41, 5.74) is 5.36. The summed E-state index contributed by atoms with van der Waals surface area (Å²) in [7, 11) is 0. The quantitative estimate of drug-likeness (QED) is 0.749. The minimum absolute atomic E-state index is 0.0436. The van der Waals surface area contributed by atoms with E-state index in [0.717, 1.165) is 16.7 Å². The second-order valence-corrected chi connectivity index (χ2v) is 9.84. The minimum atomic E-state index is -1.10. The SMILES string of the molecule is Cc1ccc(C2OC[C@@H]3OC(c4ccc(C(C)(C)C)cc4)O[C@H]([C@H](O)CO)[C@@H]3O2)cc1C. The average Bonchev–Trinajstić information content (AvgIpc) is 2.78. The van der Waals surface area contributed by atoms with Crippen LogP contribution in [0.1, 0.15) is 61.2 Å². The third-order valence-electron chi connectivity index (χ3n) is 6.38. The van der Waals surface area contributed by atoms with Crippen LogP contribution in [0.4, 0.5) is 0 Å². The zero-order chi connectivity index (χ0) is 23.0. The van der Waals surface area contributed by atoms with Gasteiger partial charge >= 0.3 is 0 Å². The number of hydrogen-bond donors (Lipinski definition) is 2. The molecule has 2 N–H and O–H groups in total. The number of aliphatic hydroxyl groups excluding tert-OH is 2. The Balaban J connectivity index is 1.54. The zero-order valence-electron chi connectivity index (χ0n) is 19.4. The van der Waals surface area contributed by atoms with Gasteiger partial charge in [-0.3, -0.25) is 0 Å². The molecule has 4 rings (SSSR count). The zero-order valence-corrected chi connectivity index (χ0v) is 19.4. The lowest BCUT2D eigenvalue weighted by atomic mass is 9.86. The maximum absolute atomic E-state index is 10.5. The van der Waals surface area contributed by atoms with Crippen LogP contribution in [0.5, 0.6) is 0 Å². The maximum Gasteiger partial charge on any atom is 0.184 e. The molecule has 0 aromatic heterocycles. The van der Waals surface area contributed by atoms with E-state index in [4.69, 9.17) is 18.9 Å². The van der Waals surface area contributed by atoms with Crippen LogP contribution < -0.4 is 0 Å². The van der Waals surface area contributed by atoms with Gasteiger partial charge in [0.25, 0.3) is 0 Å². The van der Waals surface area contributed by atoms with Crippen LogP contribution in [0, 0.1) is 13.8 Å². The van der Waals surface area contributed by atoms with Crippen LogP contribution in [0.15, 0.2) is 42.5 Å². The van der Waals surface area contributed by atoms with Gasteiger partial charge < -0.3 is 29.2 Å². The van der Waals surface area contributed by atoms with Crippen molar-refractivity contribution in [3.8, 4) is 0 Å². The highest BCUT2D eigenvalue weighted by Gasteiger charge is 2.48. The van der Waals surface area contributed by atoms with Gasteiger partial charge in [0, 0.05) is 11.1 Å². The summed E-state index contributed by atoms with van der Waals surface area (Å²) in [5.74, 6) is 0. The Labute approximate surface area is 190 Å². The molecule has 6 heteroatoms. The van der Waals surface area contributed by atoms with E-state index in [9.17, 15) is 10.2 Å². The van der Waals surface area contributed by atoms with Crippen molar-refractivity contribution in [2.45, 2.75) is 77.0 Å². The van der Waals surface area contributed by atoms with Gasteiger partial charge in [0.2, 0.25) is 0 Å². The molecular weight excluding hydrogens is 408 g/mol. The molecule has 174 valence electrons. The summed E-state index contributed by atoms with van der Waals surface area (Å²) >= 11 is 0. The third-order valence-corrected chi connectivity index (χ3v) is 6.38. The van der Waals surface area contributed by atoms with Gasteiger partial charge in [0.15, 0.2) is 12.6 Å². The monoisotopic (exact) mass is 442 g/mol. The Hall–Kier alpha value is -1.80. The predicted molar refractivity (Wildman–Crippen MR) is 120 cm³/mol. The second-order valence-electron chi connectivity index (χ2n) is 9.84. The van der Waals surface area contributed by atoms with Gasteiger partial charge in [0.1, 0.15) is 24.4 Å². The summed E-state index contributed by atoms with van der Waals surface area (Å²) in [4.78, 5) is 0. The Morgan fingerprint density at radius 3 is 2.22 bits per heavy atom. The molecule has 2 aliphatic heterocycles. The summed E-state index contributed by atoms with van der Waals surface area (Å²) in [6.45, 7) is 10.5. The van der Waals surface area contributed by atoms with E-state index in [1.165, 1.54) is 11.1 Å².